The van der Waals surface area contributed by atoms with Gasteiger partial charge in [0.25, 0.3) is 17.5 Å². The SMILES string of the molecule is O=C(NCCCO)/C(=C/c1ccc([N+](=O)[O-])cc1)NC(=O)c1ccco1. The monoisotopic (exact) mass is 359 g/mol. The summed E-state index contributed by atoms with van der Waals surface area (Å²) in [6, 6.07) is 8.48. The number of furan rings is 1. The van der Waals surface area contributed by atoms with Gasteiger partial charge >= 0.3 is 0 Å². The van der Waals surface area contributed by atoms with E-state index in [0.717, 1.165) is 0 Å². The van der Waals surface area contributed by atoms with E-state index in [9.17, 15) is 19.7 Å². The molecule has 0 spiro atoms. The van der Waals surface area contributed by atoms with E-state index in [4.69, 9.17) is 9.52 Å². The summed E-state index contributed by atoms with van der Waals surface area (Å²) in [6.45, 7) is 0.143. The molecule has 2 aromatic rings. The number of non-ortho nitro benzene ring substituents is 1. The van der Waals surface area contributed by atoms with Crippen molar-refractivity contribution in [3.05, 3.63) is 69.8 Å². The van der Waals surface area contributed by atoms with Crippen LogP contribution in [-0.4, -0.2) is 35.0 Å². The molecule has 2 rings (SSSR count). The number of nitro groups is 1. The first-order valence-electron chi connectivity index (χ1n) is 7.71. The molecule has 0 radical (unpaired) electrons. The van der Waals surface area contributed by atoms with Crippen LogP contribution >= 0.6 is 0 Å². The molecule has 2 amide bonds. The van der Waals surface area contributed by atoms with Gasteiger partial charge < -0.3 is 20.2 Å². The molecule has 26 heavy (non-hydrogen) atoms. The normalized spacial score (nSPS) is 11.0. The Morgan fingerprint density at radius 1 is 1.23 bits per heavy atom. The molecule has 0 aliphatic heterocycles. The average Bonchev–Trinajstić information content (AvgIpc) is 3.16. The van der Waals surface area contributed by atoms with Gasteiger partial charge in [-0.2, -0.15) is 0 Å². The maximum atomic E-state index is 12.3. The summed E-state index contributed by atoms with van der Waals surface area (Å²) in [5.74, 6) is -1.14. The predicted octanol–water partition coefficient (Wildman–Crippen LogP) is 1.46. The van der Waals surface area contributed by atoms with Gasteiger partial charge in [-0.05, 0) is 42.3 Å². The van der Waals surface area contributed by atoms with Crippen LogP contribution in [0.3, 0.4) is 0 Å². The van der Waals surface area contributed by atoms with Gasteiger partial charge in [0.2, 0.25) is 0 Å². The van der Waals surface area contributed by atoms with Crippen molar-refractivity contribution in [2.45, 2.75) is 6.42 Å². The summed E-state index contributed by atoms with van der Waals surface area (Å²) >= 11 is 0. The van der Waals surface area contributed by atoms with Crippen molar-refractivity contribution in [1.82, 2.24) is 10.6 Å². The molecule has 1 aromatic carbocycles. The molecule has 0 fully saturated rings. The number of hydrogen-bond donors (Lipinski definition) is 3. The molecule has 0 bridgehead atoms. The standard InChI is InChI=1S/C17H17N3O6/c21-9-2-8-18-16(22)14(19-17(23)15-3-1-10-26-15)11-12-4-6-13(7-5-12)20(24)25/h1,3-7,10-11,21H,2,8-9H2,(H,18,22)(H,19,23)/b14-11-. The molecule has 1 heterocycles. The second-order valence-corrected chi connectivity index (χ2v) is 5.17. The largest absolute Gasteiger partial charge is 0.459 e. The lowest BCUT2D eigenvalue weighted by molar-refractivity contribution is -0.384. The Labute approximate surface area is 148 Å². The van der Waals surface area contributed by atoms with Crippen LogP contribution in [0.2, 0.25) is 0 Å². The highest BCUT2D eigenvalue weighted by Crippen LogP contribution is 2.14. The number of amides is 2. The summed E-state index contributed by atoms with van der Waals surface area (Å²) in [6.07, 6.45) is 3.08. The number of nitrogens with one attached hydrogen (secondary N) is 2. The molecular weight excluding hydrogens is 342 g/mol. The Morgan fingerprint density at radius 2 is 1.96 bits per heavy atom. The average molecular weight is 359 g/mol. The van der Waals surface area contributed by atoms with Crippen LogP contribution in [-0.2, 0) is 4.79 Å². The molecule has 9 heteroatoms. The Balaban J connectivity index is 2.21. The lowest BCUT2D eigenvalue weighted by Crippen LogP contribution is -2.35. The van der Waals surface area contributed by atoms with E-state index in [1.807, 2.05) is 0 Å². The second-order valence-electron chi connectivity index (χ2n) is 5.17. The minimum atomic E-state index is -0.611. The minimum absolute atomic E-state index is 0.0303. The van der Waals surface area contributed by atoms with Crippen LogP contribution < -0.4 is 10.6 Å². The summed E-state index contributed by atoms with van der Waals surface area (Å²) < 4.78 is 4.99. The summed E-state index contributed by atoms with van der Waals surface area (Å²) in [7, 11) is 0. The van der Waals surface area contributed by atoms with Gasteiger partial charge in [-0.1, -0.05) is 0 Å². The summed E-state index contributed by atoms with van der Waals surface area (Å²) in [5.41, 5.74) is 0.344. The molecule has 136 valence electrons. The van der Waals surface area contributed by atoms with Crippen LogP contribution in [0.15, 0.2) is 52.8 Å². The molecule has 0 aliphatic carbocycles. The third-order valence-electron chi connectivity index (χ3n) is 3.27. The topological polar surface area (TPSA) is 135 Å². The van der Waals surface area contributed by atoms with E-state index in [-0.39, 0.29) is 30.3 Å². The van der Waals surface area contributed by atoms with Crippen molar-refractivity contribution >= 4 is 23.6 Å². The summed E-state index contributed by atoms with van der Waals surface area (Å²) in [4.78, 5) is 34.6. The molecule has 0 aliphatic rings. The molecule has 0 saturated carbocycles. The van der Waals surface area contributed by atoms with Gasteiger partial charge in [-0.15, -0.1) is 0 Å². The second kappa shape index (κ2) is 9.14. The lowest BCUT2D eigenvalue weighted by atomic mass is 10.1. The van der Waals surface area contributed by atoms with Crippen LogP contribution in [0.4, 0.5) is 5.69 Å². The van der Waals surface area contributed by atoms with Gasteiger partial charge in [0.15, 0.2) is 5.76 Å². The van der Waals surface area contributed by atoms with E-state index in [1.165, 1.54) is 48.7 Å². The number of rotatable bonds is 8. The fourth-order valence-electron chi connectivity index (χ4n) is 1.99. The predicted molar refractivity (Wildman–Crippen MR) is 92.0 cm³/mol. The van der Waals surface area contributed by atoms with Crippen molar-refractivity contribution in [3.8, 4) is 0 Å². The van der Waals surface area contributed by atoms with Crippen LogP contribution in [0.1, 0.15) is 22.5 Å². The van der Waals surface area contributed by atoms with Crippen molar-refractivity contribution in [1.29, 1.82) is 0 Å². The van der Waals surface area contributed by atoms with Gasteiger partial charge in [0, 0.05) is 25.3 Å². The van der Waals surface area contributed by atoms with Gasteiger partial charge in [-0.25, -0.2) is 0 Å². The molecule has 0 unspecified atom stereocenters. The van der Waals surface area contributed by atoms with Crippen molar-refractivity contribution in [2.75, 3.05) is 13.2 Å². The minimum Gasteiger partial charge on any atom is -0.459 e. The van der Waals surface area contributed by atoms with E-state index in [1.54, 1.807) is 0 Å². The number of carbonyl (C=O) groups excluding carboxylic acids is 2. The number of aliphatic hydroxyl groups is 1. The number of nitro benzene ring substituents is 1. The Bertz CT molecular complexity index is 796. The molecule has 1 aromatic heterocycles. The van der Waals surface area contributed by atoms with Crippen molar-refractivity contribution < 1.29 is 24.0 Å². The number of carbonyl (C=O) groups is 2. The molecule has 3 N–H and O–H groups in total. The zero-order chi connectivity index (χ0) is 18.9. The van der Waals surface area contributed by atoms with Crippen molar-refractivity contribution in [3.63, 3.8) is 0 Å². The number of benzene rings is 1. The zero-order valence-electron chi connectivity index (χ0n) is 13.7. The number of nitrogens with zero attached hydrogens (tertiary/aromatic N) is 1. The molecule has 0 saturated heterocycles. The zero-order valence-corrected chi connectivity index (χ0v) is 13.7. The van der Waals surface area contributed by atoms with E-state index < -0.39 is 16.7 Å². The van der Waals surface area contributed by atoms with E-state index >= 15 is 0 Å². The van der Waals surface area contributed by atoms with Crippen LogP contribution in [0.25, 0.3) is 6.08 Å². The van der Waals surface area contributed by atoms with Crippen LogP contribution in [0.5, 0.6) is 0 Å². The quantitative estimate of drug-likeness (QED) is 0.283. The first kappa shape index (κ1) is 18.9. The Hall–Kier alpha value is -3.46. The first-order valence-corrected chi connectivity index (χ1v) is 7.71. The van der Waals surface area contributed by atoms with Gasteiger partial charge in [0.1, 0.15) is 5.70 Å². The fraction of sp³-hybridized carbons (Fsp3) is 0.176. The lowest BCUT2D eigenvalue weighted by Gasteiger charge is -2.10. The smallest absolute Gasteiger partial charge is 0.291 e. The first-order chi connectivity index (χ1) is 12.5. The van der Waals surface area contributed by atoms with Gasteiger partial charge in [0.05, 0.1) is 11.2 Å². The summed E-state index contributed by atoms with van der Waals surface area (Å²) in [5, 5.41) is 24.5. The van der Waals surface area contributed by atoms with Crippen molar-refractivity contribution in [2.24, 2.45) is 0 Å². The highest BCUT2D eigenvalue weighted by molar-refractivity contribution is 6.04. The maximum Gasteiger partial charge on any atom is 0.291 e. The van der Waals surface area contributed by atoms with Gasteiger partial charge in [-0.3, -0.25) is 19.7 Å². The number of hydrogen-bond acceptors (Lipinski definition) is 6. The highest BCUT2D eigenvalue weighted by atomic mass is 16.6. The Kier molecular flexibility index (Phi) is 6.63. The fourth-order valence-corrected chi connectivity index (χ4v) is 1.99. The maximum absolute atomic E-state index is 12.3. The van der Waals surface area contributed by atoms with E-state index in [0.29, 0.717) is 12.0 Å². The van der Waals surface area contributed by atoms with E-state index in [2.05, 4.69) is 10.6 Å². The third-order valence-corrected chi connectivity index (χ3v) is 3.27. The van der Waals surface area contributed by atoms with Crippen LogP contribution in [0, 0.1) is 10.1 Å². The number of aliphatic hydroxyl groups excluding tert-OH is 1. The Morgan fingerprint density at radius 3 is 2.54 bits per heavy atom. The molecule has 0 atom stereocenters. The third kappa shape index (κ3) is 5.28. The molecular formula is C17H17N3O6. The highest BCUT2D eigenvalue weighted by Gasteiger charge is 2.16. The molecule has 9 nitrogen and oxygen atoms in total.